The zero-order valence-electron chi connectivity index (χ0n) is 9.50. The third-order valence-corrected chi connectivity index (χ3v) is 3.96. The van der Waals surface area contributed by atoms with Gasteiger partial charge in [0.05, 0.1) is 10.0 Å². The molecule has 1 aromatic rings. The van der Waals surface area contributed by atoms with Crippen molar-refractivity contribution in [2.75, 3.05) is 17.3 Å². The van der Waals surface area contributed by atoms with Gasteiger partial charge in [-0.25, -0.2) is 4.98 Å². The van der Waals surface area contributed by atoms with E-state index in [0.29, 0.717) is 22.0 Å². The van der Waals surface area contributed by atoms with E-state index in [0.717, 1.165) is 25.2 Å². The monoisotopic (exact) mass is 292 g/mol. The molecule has 2 rings (SSSR count). The number of halogens is 3. The van der Waals surface area contributed by atoms with Crippen molar-refractivity contribution in [3.8, 4) is 0 Å². The summed E-state index contributed by atoms with van der Waals surface area (Å²) in [5, 5.41) is 1.17. The minimum absolute atomic E-state index is 0.324. The average Bonchev–Trinajstić information content (AvgIpc) is 2.54. The van der Waals surface area contributed by atoms with E-state index in [-0.39, 0.29) is 0 Å². The van der Waals surface area contributed by atoms with Gasteiger partial charge >= 0.3 is 0 Å². The summed E-state index contributed by atoms with van der Waals surface area (Å²) < 4.78 is 0. The number of hydrogen-bond donors (Lipinski definition) is 0. The van der Waals surface area contributed by atoms with Crippen LogP contribution in [0.4, 0.5) is 5.82 Å². The first-order valence-electron chi connectivity index (χ1n) is 5.86. The number of hydrogen-bond acceptors (Lipinski definition) is 2. The second-order valence-corrected chi connectivity index (χ2v) is 5.46. The Morgan fingerprint density at radius 3 is 2.82 bits per heavy atom. The molecule has 17 heavy (non-hydrogen) atoms. The van der Waals surface area contributed by atoms with Crippen LogP contribution in [0.15, 0.2) is 12.3 Å². The molecule has 0 N–H and O–H groups in total. The van der Waals surface area contributed by atoms with E-state index in [4.69, 9.17) is 34.8 Å². The summed E-state index contributed by atoms with van der Waals surface area (Å²) in [5.74, 6) is 1.42. The second-order valence-electron chi connectivity index (χ2n) is 4.31. The van der Waals surface area contributed by atoms with Crippen molar-refractivity contribution >= 4 is 40.6 Å². The first-order chi connectivity index (χ1) is 8.22. The molecule has 0 aliphatic carbocycles. The zero-order valence-corrected chi connectivity index (χ0v) is 11.8. The highest BCUT2D eigenvalue weighted by atomic mass is 35.5. The first-order valence-corrected chi connectivity index (χ1v) is 7.15. The lowest BCUT2D eigenvalue weighted by Gasteiger charge is -2.30. The van der Waals surface area contributed by atoms with Crippen molar-refractivity contribution in [1.82, 2.24) is 4.98 Å². The summed E-state index contributed by atoms with van der Waals surface area (Å²) in [6, 6.07) is 2.06. The highest BCUT2D eigenvalue weighted by Crippen LogP contribution is 2.30. The first kappa shape index (κ1) is 13.3. The molecule has 1 aliphatic heterocycles. The van der Waals surface area contributed by atoms with E-state index in [1.165, 1.54) is 12.8 Å². The minimum atomic E-state index is 0.324. The van der Waals surface area contributed by atoms with Crippen molar-refractivity contribution in [1.29, 1.82) is 0 Å². The molecule has 1 fully saturated rings. The third-order valence-electron chi connectivity index (χ3n) is 3.12. The Kier molecular flexibility index (Phi) is 4.78. The van der Waals surface area contributed by atoms with Crippen molar-refractivity contribution in [3.63, 3.8) is 0 Å². The maximum atomic E-state index is 6.21. The fraction of sp³-hybridized carbons (Fsp3) is 0.583. The maximum Gasteiger partial charge on any atom is 0.147 e. The zero-order chi connectivity index (χ0) is 12.3. The highest BCUT2D eigenvalue weighted by Gasteiger charge is 2.23. The van der Waals surface area contributed by atoms with Gasteiger partial charge in [0.25, 0.3) is 0 Å². The van der Waals surface area contributed by atoms with Gasteiger partial charge < -0.3 is 4.90 Å². The lowest BCUT2D eigenvalue weighted by atomic mass is 10.1. The van der Waals surface area contributed by atoms with Crippen LogP contribution < -0.4 is 4.90 Å². The molecule has 1 aromatic heterocycles. The molecule has 0 aromatic carbocycles. The van der Waals surface area contributed by atoms with Crippen LogP contribution >= 0.6 is 34.8 Å². The van der Waals surface area contributed by atoms with Crippen LogP contribution in [0.1, 0.15) is 25.7 Å². The Morgan fingerprint density at radius 1 is 1.29 bits per heavy atom. The number of aromatic nitrogens is 1. The van der Waals surface area contributed by atoms with Gasteiger partial charge in [0.15, 0.2) is 0 Å². The molecule has 0 spiro atoms. The van der Waals surface area contributed by atoms with E-state index in [9.17, 15) is 0 Å². The predicted octanol–water partition coefficient (Wildman–Crippen LogP) is 4.38. The second kappa shape index (κ2) is 6.12. The molecule has 2 heterocycles. The van der Waals surface area contributed by atoms with Crippen LogP contribution in [-0.2, 0) is 0 Å². The standard InChI is InChI=1S/C12H15Cl3N2/c13-7-10-4-2-1-3-5-17(10)12-11(15)6-9(14)8-16-12/h6,8,10H,1-5,7H2. The Bertz CT molecular complexity index is 384. The van der Waals surface area contributed by atoms with E-state index in [1.54, 1.807) is 12.3 Å². The van der Waals surface area contributed by atoms with Gasteiger partial charge in [-0.2, -0.15) is 0 Å². The SMILES string of the molecule is ClCC1CCCCCN1c1ncc(Cl)cc1Cl. The van der Waals surface area contributed by atoms with Gasteiger partial charge in [-0.1, -0.05) is 36.0 Å². The van der Waals surface area contributed by atoms with Crippen molar-refractivity contribution in [2.24, 2.45) is 0 Å². The lowest BCUT2D eigenvalue weighted by molar-refractivity contribution is 0.616. The summed E-state index contributed by atoms with van der Waals surface area (Å²) in [6.45, 7) is 0.964. The molecule has 1 unspecified atom stereocenters. The Balaban J connectivity index is 2.28. The van der Waals surface area contributed by atoms with Crippen molar-refractivity contribution in [2.45, 2.75) is 31.7 Å². The smallest absolute Gasteiger partial charge is 0.147 e. The van der Waals surface area contributed by atoms with Gasteiger partial charge in [0.1, 0.15) is 5.82 Å². The number of alkyl halides is 1. The summed E-state index contributed by atoms with van der Waals surface area (Å²) in [4.78, 5) is 6.57. The lowest BCUT2D eigenvalue weighted by Crippen LogP contribution is -2.37. The topological polar surface area (TPSA) is 16.1 Å². The maximum absolute atomic E-state index is 6.21. The largest absolute Gasteiger partial charge is 0.351 e. The fourth-order valence-corrected chi connectivity index (χ4v) is 3.04. The van der Waals surface area contributed by atoms with E-state index in [1.807, 2.05) is 0 Å². The van der Waals surface area contributed by atoms with Crippen LogP contribution in [0.2, 0.25) is 10.0 Å². The molecule has 1 saturated heterocycles. The molecule has 1 aliphatic rings. The van der Waals surface area contributed by atoms with E-state index < -0.39 is 0 Å². The quantitative estimate of drug-likeness (QED) is 0.752. The molecule has 0 saturated carbocycles. The molecular formula is C12H15Cl3N2. The number of pyridine rings is 1. The third kappa shape index (κ3) is 3.18. The molecule has 5 heteroatoms. The fourth-order valence-electron chi connectivity index (χ4n) is 2.24. The molecule has 94 valence electrons. The van der Waals surface area contributed by atoms with Gasteiger partial charge in [-0.3, -0.25) is 0 Å². The van der Waals surface area contributed by atoms with Gasteiger partial charge in [0.2, 0.25) is 0 Å². The van der Waals surface area contributed by atoms with Gasteiger partial charge in [-0.15, -0.1) is 11.6 Å². The van der Waals surface area contributed by atoms with E-state index in [2.05, 4.69) is 9.88 Å². The summed E-state index contributed by atoms with van der Waals surface area (Å²) in [5.41, 5.74) is 0. The minimum Gasteiger partial charge on any atom is -0.351 e. The molecule has 2 nitrogen and oxygen atoms in total. The highest BCUT2D eigenvalue weighted by molar-refractivity contribution is 6.36. The van der Waals surface area contributed by atoms with Crippen LogP contribution in [0.25, 0.3) is 0 Å². The number of anilines is 1. The summed E-state index contributed by atoms with van der Waals surface area (Å²) >= 11 is 18.1. The summed E-state index contributed by atoms with van der Waals surface area (Å²) in [6.07, 6.45) is 6.37. The Labute approximate surface area is 117 Å². The Morgan fingerprint density at radius 2 is 2.12 bits per heavy atom. The normalized spacial score (nSPS) is 21.4. The van der Waals surface area contributed by atoms with Crippen LogP contribution in [0, 0.1) is 0 Å². The van der Waals surface area contributed by atoms with Crippen LogP contribution in [0.5, 0.6) is 0 Å². The molecule has 0 radical (unpaired) electrons. The van der Waals surface area contributed by atoms with Crippen molar-refractivity contribution < 1.29 is 0 Å². The molecular weight excluding hydrogens is 279 g/mol. The molecule has 0 amide bonds. The van der Waals surface area contributed by atoms with Crippen LogP contribution in [-0.4, -0.2) is 23.5 Å². The van der Waals surface area contributed by atoms with Crippen LogP contribution in [0.3, 0.4) is 0 Å². The molecule has 0 bridgehead atoms. The summed E-state index contributed by atoms with van der Waals surface area (Å²) in [7, 11) is 0. The average molecular weight is 294 g/mol. The molecule has 1 atom stereocenters. The Hall–Kier alpha value is -0.180. The number of rotatable bonds is 2. The van der Waals surface area contributed by atoms with Gasteiger partial charge in [0, 0.05) is 24.7 Å². The number of nitrogens with zero attached hydrogens (tertiary/aromatic N) is 2. The van der Waals surface area contributed by atoms with Gasteiger partial charge in [-0.05, 0) is 18.9 Å². The predicted molar refractivity (Wildman–Crippen MR) is 74.6 cm³/mol. The van der Waals surface area contributed by atoms with E-state index >= 15 is 0 Å². The van der Waals surface area contributed by atoms with Crippen molar-refractivity contribution in [3.05, 3.63) is 22.3 Å².